The number of hydrogen-bond donors (Lipinski definition) is 1. The summed E-state index contributed by atoms with van der Waals surface area (Å²) in [6.07, 6.45) is 0.392. The van der Waals surface area contributed by atoms with Crippen LogP contribution in [0.2, 0.25) is 0 Å². The Morgan fingerprint density at radius 1 is 1.19 bits per heavy atom. The Morgan fingerprint density at radius 3 is 2.78 bits per heavy atom. The summed E-state index contributed by atoms with van der Waals surface area (Å²) in [6, 6.07) is 11.3. The molecule has 0 unspecified atom stereocenters. The highest BCUT2D eigenvalue weighted by atomic mass is 16.6. The van der Waals surface area contributed by atoms with Crippen LogP contribution in [0.4, 0.5) is 5.69 Å². The number of carbonyl (C=O) groups is 1. The summed E-state index contributed by atoms with van der Waals surface area (Å²) >= 11 is 0. The number of nitrogens with one attached hydrogen (secondary N) is 1. The van der Waals surface area contributed by atoms with Gasteiger partial charge in [-0.05, 0) is 30.7 Å². The molecule has 0 bridgehead atoms. The first kappa shape index (κ1) is 17.0. The van der Waals surface area contributed by atoms with Gasteiger partial charge in [0.05, 0.1) is 5.39 Å². The van der Waals surface area contributed by atoms with Crippen LogP contribution in [0.5, 0.6) is 11.5 Å². The molecule has 2 heterocycles. The molecule has 1 aliphatic rings. The van der Waals surface area contributed by atoms with Crippen molar-refractivity contribution in [3.8, 4) is 11.5 Å². The molecule has 4 rings (SSSR count). The molecule has 0 fully saturated rings. The van der Waals surface area contributed by atoms with Crippen LogP contribution in [-0.4, -0.2) is 34.1 Å². The first-order valence-electron chi connectivity index (χ1n) is 8.72. The minimum absolute atomic E-state index is 0.343. The Morgan fingerprint density at radius 2 is 1.96 bits per heavy atom. The molecule has 1 aromatic heterocycles. The van der Waals surface area contributed by atoms with Crippen molar-refractivity contribution >= 4 is 22.5 Å². The lowest BCUT2D eigenvalue weighted by atomic mass is 10.2. The van der Waals surface area contributed by atoms with Gasteiger partial charge in [-0.1, -0.05) is 24.3 Å². The van der Waals surface area contributed by atoms with Crippen molar-refractivity contribution in [3.63, 3.8) is 0 Å². The van der Waals surface area contributed by atoms with E-state index in [1.807, 2.05) is 6.92 Å². The van der Waals surface area contributed by atoms with Gasteiger partial charge in [0.15, 0.2) is 11.5 Å². The van der Waals surface area contributed by atoms with Crippen molar-refractivity contribution in [1.29, 1.82) is 0 Å². The van der Waals surface area contributed by atoms with Crippen molar-refractivity contribution in [2.45, 2.75) is 19.4 Å². The van der Waals surface area contributed by atoms with Crippen molar-refractivity contribution in [1.82, 2.24) is 15.0 Å². The molecule has 1 N–H and O–H groups in total. The van der Waals surface area contributed by atoms with E-state index in [4.69, 9.17) is 9.47 Å². The van der Waals surface area contributed by atoms with Crippen LogP contribution in [-0.2, 0) is 4.79 Å². The lowest BCUT2D eigenvalue weighted by Crippen LogP contribution is -2.35. The van der Waals surface area contributed by atoms with Crippen LogP contribution in [0.25, 0.3) is 10.9 Å². The zero-order valence-electron chi connectivity index (χ0n) is 14.7. The Labute approximate surface area is 154 Å². The topological polar surface area (TPSA) is 95.3 Å². The lowest BCUT2D eigenvalue weighted by Gasteiger charge is -2.20. The van der Waals surface area contributed by atoms with Crippen LogP contribution in [0.3, 0.4) is 0 Å². The van der Waals surface area contributed by atoms with Crippen LogP contribution in [0.1, 0.15) is 19.4 Å². The van der Waals surface area contributed by atoms with Crippen molar-refractivity contribution in [3.05, 3.63) is 52.8 Å². The SMILES string of the molecule is CC[C@H](C(=O)Nc1ccc2c(c1)OCCO2)n1nnc2ccccc2c1=O. The average Bonchev–Trinajstić information content (AvgIpc) is 2.70. The molecular weight excluding hydrogens is 348 g/mol. The molecule has 138 valence electrons. The molecule has 0 aliphatic carbocycles. The maximum absolute atomic E-state index is 12.8. The lowest BCUT2D eigenvalue weighted by molar-refractivity contribution is -0.119. The molecule has 0 radical (unpaired) electrons. The molecular formula is C19H18N4O4. The quantitative estimate of drug-likeness (QED) is 0.760. The van der Waals surface area contributed by atoms with Gasteiger partial charge in [0.25, 0.3) is 5.56 Å². The Balaban J connectivity index is 1.62. The minimum atomic E-state index is -0.775. The third-order valence-corrected chi connectivity index (χ3v) is 4.39. The van der Waals surface area contributed by atoms with Crippen molar-refractivity contribution < 1.29 is 14.3 Å². The predicted molar refractivity (Wildman–Crippen MR) is 99.2 cm³/mol. The second-order valence-electron chi connectivity index (χ2n) is 6.13. The highest BCUT2D eigenvalue weighted by Gasteiger charge is 2.23. The summed E-state index contributed by atoms with van der Waals surface area (Å²) in [5.74, 6) is 0.874. The normalized spacial score (nSPS) is 14.0. The van der Waals surface area contributed by atoms with Crippen LogP contribution in [0, 0.1) is 0 Å². The summed E-state index contributed by atoms with van der Waals surface area (Å²) in [5.41, 5.74) is 0.718. The van der Waals surface area contributed by atoms with E-state index < -0.39 is 6.04 Å². The van der Waals surface area contributed by atoms with E-state index in [9.17, 15) is 9.59 Å². The van der Waals surface area contributed by atoms with Gasteiger partial charge in [0.2, 0.25) is 5.91 Å². The van der Waals surface area contributed by atoms with Gasteiger partial charge in [-0.2, -0.15) is 4.68 Å². The number of amides is 1. The van der Waals surface area contributed by atoms with Gasteiger partial charge in [-0.25, -0.2) is 0 Å². The van der Waals surface area contributed by atoms with Gasteiger partial charge < -0.3 is 14.8 Å². The van der Waals surface area contributed by atoms with E-state index >= 15 is 0 Å². The summed E-state index contributed by atoms with van der Waals surface area (Å²) in [7, 11) is 0. The van der Waals surface area contributed by atoms with Crippen molar-refractivity contribution in [2.75, 3.05) is 18.5 Å². The summed E-state index contributed by atoms with van der Waals surface area (Å²) in [6.45, 7) is 2.78. The fourth-order valence-electron chi connectivity index (χ4n) is 3.02. The number of rotatable bonds is 4. The second-order valence-corrected chi connectivity index (χ2v) is 6.13. The first-order valence-corrected chi connectivity index (χ1v) is 8.72. The predicted octanol–water partition coefficient (Wildman–Crippen LogP) is 2.15. The largest absolute Gasteiger partial charge is 0.486 e. The number of nitrogens with zero attached hydrogens (tertiary/aromatic N) is 3. The maximum atomic E-state index is 12.8. The van der Waals surface area contributed by atoms with E-state index in [0.717, 1.165) is 4.68 Å². The van der Waals surface area contributed by atoms with Gasteiger partial charge in [-0.3, -0.25) is 9.59 Å². The molecule has 3 aromatic rings. The zero-order chi connectivity index (χ0) is 18.8. The van der Waals surface area contributed by atoms with Gasteiger partial charge in [0.1, 0.15) is 24.8 Å². The molecule has 1 atom stereocenters. The molecule has 8 heteroatoms. The summed E-state index contributed by atoms with van der Waals surface area (Å²) in [4.78, 5) is 25.5. The fourth-order valence-corrected chi connectivity index (χ4v) is 3.02. The fraction of sp³-hybridized carbons (Fsp3) is 0.263. The third kappa shape index (κ3) is 3.21. The Bertz CT molecular complexity index is 1060. The first-order chi connectivity index (χ1) is 13.2. The monoisotopic (exact) mass is 366 g/mol. The third-order valence-electron chi connectivity index (χ3n) is 4.39. The Hall–Kier alpha value is -3.42. The van der Waals surface area contributed by atoms with E-state index in [1.165, 1.54) is 0 Å². The van der Waals surface area contributed by atoms with Crippen LogP contribution < -0.4 is 20.3 Å². The molecule has 0 saturated carbocycles. The highest BCUT2D eigenvalue weighted by Crippen LogP contribution is 2.32. The van der Waals surface area contributed by atoms with Crippen LogP contribution >= 0.6 is 0 Å². The number of aromatic nitrogens is 3. The van der Waals surface area contributed by atoms with Gasteiger partial charge in [0, 0.05) is 11.8 Å². The second kappa shape index (κ2) is 7.06. The number of ether oxygens (including phenoxy) is 2. The van der Waals surface area contributed by atoms with E-state index in [1.54, 1.807) is 42.5 Å². The average molecular weight is 366 g/mol. The molecule has 2 aromatic carbocycles. The molecule has 8 nitrogen and oxygen atoms in total. The zero-order valence-corrected chi connectivity index (χ0v) is 14.7. The van der Waals surface area contributed by atoms with E-state index in [-0.39, 0.29) is 11.5 Å². The number of carbonyl (C=O) groups excluding carboxylic acids is 1. The Kier molecular flexibility index (Phi) is 4.45. The van der Waals surface area contributed by atoms with Crippen molar-refractivity contribution in [2.24, 2.45) is 0 Å². The molecule has 0 spiro atoms. The molecule has 1 aliphatic heterocycles. The number of fused-ring (bicyclic) bond motifs is 2. The van der Waals surface area contributed by atoms with E-state index in [0.29, 0.717) is 47.7 Å². The number of hydrogen-bond acceptors (Lipinski definition) is 6. The number of anilines is 1. The van der Waals surface area contributed by atoms with Gasteiger partial charge in [-0.15, -0.1) is 5.10 Å². The van der Waals surface area contributed by atoms with E-state index in [2.05, 4.69) is 15.6 Å². The molecule has 1 amide bonds. The molecule has 27 heavy (non-hydrogen) atoms. The van der Waals surface area contributed by atoms with Gasteiger partial charge >= 0.3 is 0 Å². The highest BCUT2D eigenvalue weighted by molar-refractivity contribution is 5.94. The van der Waals surface area contributed by atoms with Crippen LogP contribution in [0.15, 0.2) is 47.3 Å². The summed E-state index contributed by atoms with van der Waals surface area (Å²) in [5, 5.41) is 11.3. The number of benzene rings is 2. The molecule has 0 saturated heterocycles. The maximum Gasteiger partial charge on any atom is 0.278 e. The smallest absolute Gasteiger partial charge is 0.278 e. The standard InChI is InChI=1S/C19H18N4O4/c1-2-15(23-19(25)13-5-3-4-6-14(13)21-22-23)18(24)20-12-7-8-16-17(11-12)27-10-9-26-16/h3-8,11,15H,2,9-10H2,1H3,(H,20,24)/t15-/m1/s1. The summed E-state index contributed by atoms with van der Waals surface area (Å²) < 4.78 is 12.1. The minimum Gasteiger partial charge on any atom is -0.486 e.